The molecule has 0 radical (unpaired) electrons. The Hall–Kier alpha value is -3.52. The topological polar surface area (TPSA) is 134 Å². The molecule has 3 heterocycles. The van der Waals surface area contributed by atoms with Crippen molar-refractivity contribution in [3.05, 3.63) is 58.8 Å². The van der Waals surface area contributed by atoms with Crippen molar-refractivity contribution in [2.75, 3.05) is 18.9 Å². The van der Waals surface area contributed by atoms with Crippen molar-refractivity contribution < 1.29 is 26.7 Å². The normalized spacial score (nSPS) is 14.1. The van der Waals surface area contributed by atoms with Gasteiger partial charge in [-0.1, -0.05) is 6.07 Å². The summed E-state index contributed by atoms with van der Waals surface area (Å²) in [4.78, 5) is 7.89. The molecule has 0 aliphatic rings. The molecule has 4 rings (SSSR count). The van der Waals surface area contributed by atoms with Gasteiger partial charge in [0.05, 0.1) is 18.7 Å². The van der Waals surface area contributed by atoms with Crippen molar-refractivity contribution in [2.45, 2.75) is 31.7 Å². The van der Waals surface area contributed by atoms with Crippen molar-refractivity contribution in [1.29, 1.82) is 0 Å². The first-order valence-corrected chi connectivity index (χ1v) is 13.3. The first-order valence-electron chi connectivity index (χ1n) is 10.9. The molecule has 0 saturated heterocycles. The minimum absolute atomic E-state index is 0.167. The molecule has 0 spiro atoms. The molecule has 0 aliphatic carbocycles. The maximum absolute atomic E-state index is 15.8. The highest BCUT2D eigenvalue weighted by Crippen LogP contribution is 2.39. The number of rotatable bonds is 9. The zero-order chi connectivity index (χ0) is 27.0. The van der Waals surface area contributed by atoms with E-state index in [1.54, 1.807) is 37.3 Å². The summed E-state index contributed by atoms with van der Waals surface area (Å²) in [5, 5.41) is 6.59. The van der Waals surface area contributed by atoms with Crippen LogP contribution in [0.15, 0.2) is 51.6 Å². The number of anilines is 1. The van der Waals surface area contributed by atoms with E-state index in [-0.39, 0.29) is 17.6 Å². The second kappa shape index (κ2) is 10.1. The van der Waals surface area contributed by atoms with E-state index in [1.165, 1.54) is 38.1 Å². The van der Waals surface area contributed by atoms with E-state index in [1.807, 2.05) is 0 Å². The van der Waals surface area contributed by atoms with Crippen molar-refractivity contribution in [1.82, 2.24) is 24.7 Å². The highest BCUT2D eigenvalue weighted by atomic mass is 79.9. The van der Waals surface area contributed by atoms with E-state index < -0.39 is 20.9 Å². The van der Waals surface area contributed by atoms with Gasteiger partial charge < -0.3 is 13.9 Å². The average Bonchev–Trinajstić information content (AvgIpc) is 3.48. The van der Waals surface area contributed by atoms with Gasteiger partial charge in [0.1, 0.15) is 28.2 Å². The van der Waals surface area contributed by atoms with Gasteiger partial charge in [-0.05, 0) is 61.0 Å². The maximum atomic E-state index is 15.8. The van der Waals surface area contributed by atoms with Crippen molar-refractivity contribution >= 4 is 31.9 Å². The molecule has 2 atom stereocenters. The third kappa shape index (κ3) is 5.03. The number of methoxy groups -OCH3 is 2. The molecule has 0 bridgehead atoms. The van der Waals surface area contributed by atoms with Crippen LogP contribution in [0.25, 0.3) is 17.3 Å². The number of benzene rings is 1. The molecule has 0 amide bonds. The fourth-order valence-corrected chi connectivity index (χ4v) is 5.04. The number of nitrogens with zero attached hydrogens (tertiary/aromatic N) is 5. The van der Waals surface area contributed by atoms with Crippen LogP contribution in [-0.4, -0.2) is 52.6 Å². The number of aromatic nitrogens is 5. The van der Waals surface area contributed by atoms with Gasteiger partial charge in [0.15, 0.2) is 17.3 Å². The fourth-order valence-electron chi connectivity index (χ4n) is 3.58. The second-order valence-electron chi connectivity index (χ2n) is 8.19. The van der Waals surface area contributed by atoms with Crippen molar-refractivity contribution in [2.24, 2.45) is 0 Å². The zero-order valence-electron chi connectivity index (χ0n) is 20.6. The van der Waals surface area contributed by atoms with Crippen molar-refractivity contribution in [3.8, 4) is 28.8 Å². The third-order valence-electron chi connectivity index (χ3n) is 5.77. The van der Waals surface area contributed by atoms with Gasteiger partial charge in [0.25, 0.3) is 0 Å². The summed E-state index contributed by atoms with van der Waals surface area (Å²) in [6, 6.07) is 8.44. The Kier molecular flexibility index (Phi) is 7.24. The van der Waals surface area contributed by atoms with E-state index >= 15 is 4.39 Å². The third-order valence-corrected chi connectivity index (χ3v) is 8.02. The lowest BCUT2D eigenvalue weighted by molar-refractivity contribution is 0.175. The van der Waals surface area contributed by atoms with Crippen molar-refractivity contribution in [3.63, 3.8) is 0 Å². The van der Waals surface area contributed by atoms with Gasteiger partial charge in [0, 0.05) is 12.4 Å². The smallest absolute Gasteiger partial charge is 0.243 e. The van der Waals surface area contributed by atoms with E-state index in [9.17, 15) is 8.42 Å². The number of para-hydroxylation sites is 1. The van der Waals surface area contributed by atoms with Crippen LogP contribution in [-0.2, 0) is 15.7 Å². The van der Waals surface area contributed by atoms with Gasteiger partial charge in [-0.25, -0.2) is 22.8 Å². The minimum atomic E-state index is -4.41. The number of furan rings is 1. The Morgan fingerprint density at radius 1 is 1.11 bits per heavy atom. The molecule has 14 heteroatoms. The first kappa shape index (κ1) is 26.5. The number of hydrogen-bond acceptors (Lipinski definition) is 9. The molecule has 4 aromatic rings. The molecule has 1 N–H and O–H groups in total. The van der Waals surface area contributed by atoms with E-state index in [2.05, 4.69) is 40.8 Å². The highest BCUT2D eigenvalue weighted by Gasteiger charge is 2.45. The molecule has 196 valence electrons. The summed E-state index contributed by atoms with van der Waals surface area (Å²) in [5.41, 5.74) is -2.13. The van der Waals surface area contributed by atoms with Crippen LogP contribution in [0, 0.1) is 6.92 Å². The van der Waals surface area contributed by atoms with Gasteiger partial charge >= 0.3 is 0 Å². The Bertz CT molecular complexity index is 1500. The van der Waals surface area contributed by atoms with Crippen LogP contribution in [0.2, 0.25) is 0 Å². The number of alkyl halides is 1. The van der Waals surface area contributed by atoms with Gasteiger partial charge in [-0.15, -0.1) is 10.2 Å². The molecule has 1 unspecified atom stereocenters. The summed E-state index contributed by atoms with van der Waals surface area (Å²) in [6.07, 6.45) is 2.68. The summed E-state index contributed by atoms with van der Waals surface area (Å²) in [7, 11) is -1.50. The Labute approximate surface area is 221 Å². The number of halogens is 2. The molecular weight excluding hydrogens is 571 g/mol. The Morgan fingerprint density at radius 3 is 2.27 bits per heavy atom. The summed E-state index contributed by atoms with van der Waals surface area (Å²) in [5.74, 6) is 1.26. The summed E-state index contributed by atoms with van der Waals surface area (Å²) < 4.78 is 63.8. The number of aryl methyl sites for hydroxylation is 1. The molecule has 37 heavy (non-hydrogen) atoms. The quantitative estimate of drug-likeness (QED) is 0.298. The zero-order valence-corrected chi connectivity index (χ0v) is 23.0. The molecule has 3 aromatic heterocycles. The summed E-state index contributed by atoms with van der Waals surface area (Å²) in [6.45, 7) is 4.07. The minimum Gasteiger partial charge on any atom is -0.494 e. The monoisotopic (exact) mass is 594 g/mol. The van der Waals surface area contributed by atoms with Gasteiger partial charge in [0.2, 0.25) is 21.8 Å². The molecular formula is C23H24BrFN6O5S. The van der Waals surface area contributed by atoms with Crippen LogP contribution in [0.1, 0.15) is 25.4 Å². The lowest BCUT2D eigenvalue weighted by Crippen LogP contribution is -2.41. The van der Waals surface area contributed by atoms with E-state index in [4.69, 9.17) is 13.9 Å². The number of hydrogen-bond donors (Lipinski definition) is 1. The first-order chi connectivity index (χ1) is 17.5. The second-order valence-corrected chi connectivity index (χ2v) is 11.1. The summed E-state index contributed by atoms with van der Waals surface area (Å²) >= 11 is 3.19. The SMILES string of the molecule is COc1cccc(OC)c1-n1c(NS(=O)(=O)[C@@H](C)C(C)(F)c2ncc(Br)cn2)nnc1-c1ccc(C)o1. The highest BCUT2D eigenvalue weighted by molar-refractivity contribution is 9.10. The van der Waals surface area contributed by atoms with Gasteiger partial charge in [-0.2, -0.15) is 0 Å². The van der Waals surface area contributed by atoms with Crippen LogP contribution in [0.5, 0.6) is 11.5 Å². The lowest BCUT2D eigenvalue weighted by Gasteiger charge is -2.26. The van der Waals surface area contributed by atoms with Crippen LogP contribution < -0.4 is 14.2 Å². The fraction of sp³-hybridized carbons (Fsp3) is 0.304. The lowest BCUT2D eigenvalue weighted by atomic mass is 10.0. The number of ether oxygens (including phenoxy) is 2. The Balaban J connectivity index is 1.84. The molecule has 1 aromatic carbocycles. The predicted octanol–water partition coefficient (Wildman–Crippen LogP) is 4.42. The standard InChI is InChI=1S/C23H24BrFN6O5S/c1-13-9-10-18(36-13)20-28-29-22(31(20)19-16(34-4)7-6-8-17(19)35-5)30-37(32,33)14(2)23(3,25)21-26-11-15(24)12-27-21/h6-12,14H,1-5H3,(H,29,30)/t14-,23?/m0/s1. The van der Waals surface area contributed by atoms with Crippen LogP contribution >= 0.6 is 15.9 Å². The van der Waals surface area contributed by atoms with E-state index in [0.29, 0.717) is 33.2 Å². The number of nitrogens with one attached hydrogen (secondary N) is 1. The molecule has 11 nitrogen and oxygen atoms in total. The van der Waals surface area contributed by atoms with E-state index in [0.717, 1.165) is 6.92 Å². The largest absolute Gasteiger partial charge is 0.494 e. The van der Waals surface area contributed by atoms with Gasteiger partial charge in [-0.3, -0.25) is 9.29 Å². The maximum Gasteiger partial charge on any atom is 0.243 e. The molecule has 0 aliphatic heterocycles. The van der Waals surface area contributed by atoms with Crippen LogP contribution in [0.4, 0.5) is 10.3 Å². The predicted molar refractivity (Wildman–Crippen MR) is 137 cm³/mol. The Morgan fingerprint density at radius 2 is 1.73 bits per heavy atom. The molecule has 0 saturated carbocycles. The average molecular weight is 595 g/mol. The number of sulfonamides is 1. The van der Waals surface area contributed by atoms with Crippen LogP contribution in [0.3, 0.4) is 0 Å². The molecule has 0 fully saturated rings.